The summed E-state index contributed by atoms with van der Waals surface area (Å²) < 4.78 is 0. The number of aromatic nitrogens is 1. The maximum absolute atomic E-state index is 12.7. The molecule has 0 bridgehead atoms. The van der Waals surface area contributed by atoms with Crippen LogP contribution >= 0.6 is 0 Å². The molecule has 0 aliphatic carbocycles. The van der Waals surface area contributed by atoms with Crippen LogP contribution in [0.1, 0.15) is 39.0 Å². The first-order valence-electron chi connectivity index (χ1n) is 9.43. The molecule has 2 atom stereocenters. The van der Waals surface area contributed by atoms with Gasteiger partial charge in [0, 0.05) is 31.9 Å². The van der Waals surface area contributed by atoms with Crippen molar-refractivity contribution in [1.29, 1.82) is 0 Å². The first kappa shape index (κ1) is 17.2. The molecule has 0 saturated carbocycles. The van der Waals surface area contributed by atoms with Crippen molar-refractivity contribution in [2.75, 3.05) is 38.0 Å². The van der Waals surface area contributed by atoms with E-state index in [0.29, 0.717) is 24.4 Å². The van der Waals surface area contributed by atoms with Gasteiger partial charge in [-0.05, 0) is 56.7 Å². The third kappa shape index (κ3) is 4.47. The molecule has 132 valence electrons. The number of hydrogen-bond donors (Lipinski definition) is 1. The van der Waals surface area contributed by atoms with Crippen LogP contribution in [0, 0.1) is 5.92 Å². The first-order valence-corrected chi connectivity index (χ1v) is 9.43. The van der Waals surface area contributed by atoms with Gasteiger partial charge in [0.1, 0.15) is 5.82 Å². The Bertz CT molecular complexity index is 521. The van der Waals surface area contributed by atoms with Crippen molar-refractivity contribution in [3.05, 3.63) is 24.4 Å². The number of amides is 1. The van der Waals surface area contributed by atoms with Gasteiger partial charge in [-0.3, -0.25) is 9.69 Å². The summed E-state index contributed by atoms with van der Waals surface area (Å²) in [4.78, 5) is 21.4. The fourth-order valence-electron chi connectivity index (χ4n) is 3.97. The molecule has 0 spiro atoms. The lowest BCUT2D eigenvalue weighted by atomic mass is 10.00. The summed E-state index contributed by atoms with van der Waals surface area (Å²) in [6.07, 6.45) is 7.67. The van der Waals surface area contributed by atoms with E-state index in [1.165, 1.54) is 19.3 Å². The minimum atomic E-state index is 0.333. The third-order valence-corrected chi connectivity index (χ3v) is 5.38. The van der Waals surface area contributed by atoms with E-state index in [1.807, 2.05) is 24.4 Å². The molecular formula is C19H30N4O. The number of carbonyl (C=O) groups is 1. The van der Waals surface area contributed by atoms with Gasteiger partial charge in [0.25, 0.3) is 0 Å². The highest BCUT2D eigenvalue weighted by atomic mass is 16.2. The molecule has 24 heavy (non-hydrogen) atoms. The van der Waals surface area contributed by atoms with Crippen molar-refractivity contribution in [2.24, 2.45) is 5.92 Å². The number of nitrogens with one attached hydrogen (secondary N) is 1. The average molecular weight is 330 g/mol. The predicted molar refractivity (Wildman–Crippen MR) is 96.9 cm³/mol. The largest absolute Gasteiger partial charge is 0.370 e. The normalized spacial score (nSPS) is 25.0. The Hall–Kier alpha value is -1.62. The lowest BCUT2D eigenvalue weighted by molar-refractivity contribution is -0.136. The van der Waals surface area contributed by atoms with Crippen molar-refractivity contribution < 1.29 is 4.79 Å². The van der Waals surface area contributed by atoms with Crippen LogP contribution < -0.4 is 5.32 Å². The number of nitrogens with zero attached hydrogens (tertiary/aromatic N) is 3. The van der Waals surface area contributed by atoms with Crippen molar-refractivity contribution in [3.8, 4) is 0 Å². The number of piperidine rings is 1. The van der Waals surface area contributed by atoms with Crippen LogP contribution in [0.5, 0.6) is 0 Å². The molecule has 0 aromatic carbocycles. The zero-order chi connectivity index (χ0) is 16.8. The van der Waals surface area contributed by atoms with Crippen molar-refractivity contribution in [2.45, 2.75) is 45.1 Å². The molecular weight excluding hydrogens is 300 g/mol. The van der Waals surface area contributed by atoms with Crippen LogP contribution in [0.25, 0.3) is 0 Å². The summed E-state index contributed by atoms with van der Waals surface area (Å²) in [5.41, 5.74) is 0. The molecule has 3 heterocycles. The summed E-state index contributed by atoms with van der Waals surface area (Å²) >= 11 is 0. The molecule has 2 aliphatic heterocycles. The zero-order valence-electron chi connectivity index (χ0n) is 14.8. The molecule has 2 saturated heterocycles. The third-order valence-electron chi connectivity index (χ3n) is 5.38. The Balaban J connectivity index is 1.43. The molecule has 2 fully saturated rings. The van der Waals surface area contributed by atoms with Crippen LogP contribution in [0.3, 0.4) is 0 Å². The number of rotatable bonds is 6. The molecule has 1 aromatic rings. The lowest BCUT2D eigenvalue weighted by Crippen LogP contribution is -2.47. The summed E-state index contributed by atoms with van der Waals surface area (Å²) in [7, 11) is 0. The highest BCUT2D eigenvalue weighted by Crippen LogP contribution is 2.21. The summed E-state index contributed by atoms with van der Waals surface area (Å²) in [5.74, 6) is 1.87. The van der Waals surface area contributed by atoms with E-state index in [9.17, 15) is 4.79 Å². The topological polar surface area (TPSA) is 48.5 Å². The van der Waals surface area contributed by atoms with E-state index in [2.05, 4.69) is 27.0 Å². The van der Waals surface area contributed by atoms with E-state index in [1.54, 1.807) is 0 Å². The Labute approximate surface area is 145 Å². The molecule has 0 unspecified atom stereocenters. The number of likely N-dealkylation sites (tertiary alicyclic amines) is 2. The van der Waals surface area contributed by atoms with Gasteiger partial charge in [-0.1, -0.05) is 13.0 Å². The molecule has 5 heteroatoms. The summed E-state index contributed by atoms with van der Waals surface area (Å²) in [5, 5.41) is 3.41. The SMILES string of the molecule is CC[C@H]1CCCCN1C(=O)CN1CC[C@H](CNc2ccccn2)C1. The van der Waals surface area contributed by atoms with Crippen LogP contribution in [-0.2, 0) is 4.79 Å². The van der Waals surface area contributed by atoms with Gasteiger partial charge in [-0.25, -0.2) is 4.98 Å². The van der Waals surface area contributed by atoms with Gasteiger partial charge in [-0.2, -0.15) is 0 Å². The second kappa shape index (κ2) is 8.47. The number of hydrogen-bond acceptors (Lipinski definition) is 4. The van der Waals surface area contributed by atoms with Crippen LogP contribution in [-0.4, -0.2) is 59.5 Å². The lowest BCUT2D eigenvalue weighted by Gasteiger charge is -2.36. The monoisotopic (exact) mass is 330 g/mol. The van der Waals surface area contributed by atoms with Crippen molar-refractivity contribution in [3.63, 3.8) is 0 Å². The summed E-state index contributed by atoms with van der Waals surface area (Å²) in [6, 6.07) is 6.39. The van der Waals surface area contributed by atoms with E-state index >= 15 is 0 Å². The van der Waals surface area contributed by atoms with E-state index in [4.69, 9.17) is 0 Å². The molecule has 1 amide bonds. The standard InChI is InChI=1S/C19H30N4O/c1-2-17-7-4-6-11-23(17)19(24)15-22-12-9-16(14-22)13-21-18-8-3-5-10-20-18/h3,5,8,10,16-17H,2,4,6-7,9,11-15H2,1H3,(H,20,21)/t16-,17+/m1/s1. The van der Waals surface area contributed by atoms with Crippen LogP contribution in [0.2, 0.25) is 0 Å². The van der Waals surface area contributed by atoms with E-state index in [0.717, 1.165) is 44.8 Å². The number of anilines is 1. The minimum Gasteiger partial charge on any atom is -0.370 e. The fraction of sp³-hybridized carbons (Fsp3) is 0.684. The molecule has 1 N–H and O–H groups in total. The number of pyridine rings is 1. The first-order chi connectivity index (χ1) is 11.8. The maximum atomic E-state index is 12.7. The smallest absolute Gasteiger partial charge is 0.236 e. The molecule has 2 aliphatic rings. The van der Waals surface area contributed by atoms with Gasteiger partial charge in [0.05, 0.1) is 6.54 Å². The maximum Gasteiger partial charge on any atom is 0.236 e. The highest BCUT2D eigenvalue weighted by molar-refractivity contribution is 5.78. The molecule has 0 radical (unpaired) electrons. The number of carbonyl (C=O) groups excluding carboxylic acids is 1. The van der Waals surface area contributed by atoms with Gasteiger partial charge in [0.2, 0.25) is 5.91 Å². The Morgan fingerprint density at radius 2 is 2.21 bits per heavy atom. The fourth-order valence-corrected chi connectivity index (χ4v) is 3.97. The summed E-state index contributed by atoms with van der Waals surface area (Å²) in [6.45, 7) is 6.72. The zero-order valence-corrected chi connectivity index (χ0v) is 14.8. The van der Waals surface area contributed by atoms with E-state index in [-0.39, 0.29) is 0 Å². The Morgan fingerprint density at radius 3 is 3.00 bits per heavy atom. The van der Waals surface area contributed by atoms with Gasteiger partial charge >= 0.3 is 0 Å². The molecule has 1 aromatic heterocycles. The van der Waals surface area contributed by atoms with E-state index < -0.39 is 0 Å². The second-order valence-corrected chi connectivity index (χ2v) is 7.13. The van der Waals surface area contributed by atoms with Gasteiger partial charge in [-0.15, -0.1) is 0 Å². The Kier molecular flexibility index (Phi) is 6.07. The minimum absolute atomic E-state index is 0.333. The van der Waals surface area contributed by atoms with Crippen molar-refractivity contribution >= 4 is 11.7 Å². The Morgan fingerprint density at radius 1 is 1.29 bits per heavy atom. The molecule has 3 rings (SSSR count). The second-order valence-electron chi connectivity index (χ2n) is 7.13. The predicted octanol–water partition coefficient (Wildman–Crippen LogP) is 2.61. The van der Waals surface area contributed by atoms with Crippen LogP contribution in [0.15, 0.2) is 24.4 Å². The molecule has 5 nitrogen and oxygen atoms in total. The highest BCUT2D eigenvalue weighted by Gasteiger charge is 2.29. The quantitative estimate of drug-likeness (QED) is 0.871. The van der Waals surface area contributed by atoms with Crippen LogP contribution in [0.4, 0.5) is 5.82 Å². The van der Waals surface area contributed by atoms with Crippen molar-refractivity contribution in [1.82, 2.24) is 14.8 Å². The average Bonchev–Trinajstić information content (AvgIpc) is 3.08. The van der Waals surface area contributed by atoms with Gasteiger partial charge in [0.15, 0.2) is 0 Å². The van der Waals surface area contributed by atoms with Gasteiger partial charge < -0.3 is 10.2 Å².